The Bertz CT molecular complexity index is 349. The number of amides is 1. The molecule has 0 aliphatic heterocycles. The largest absolute Gasteiger partial charge is 0.370 e. The monoisotopic (exact) mass is 223 g/mol. The summed E-state index contributed by atoms with van der Waals surface area (Å²) >= 11 is 0. The second-order valence-corrected chi connectivity index (χ2v) is 5.08. The van der Waals surface area contributed by atoms with Crippen LogP contribution in [0.5, 0.6) is 0 Å². The molecule has 16 heavy (non-hydrogen) atoms. The third-order valence-corrected chi connectivity index (χ3v) is 2.25. The first-order valence-electron chi connectivity index (χ1n) is 5.55. The molecule has 0 fully saturated rings. The summed E-state index contributed by atoms with van der Waals surface area (Å²) in [4.78, 5) is 10.6. The van der Waals surface area contributed by atoms with Crippen molar-refractivity contribution < 1.29 is 4.79 Å². The highest BCUT2D eigenvalue weighted by molar-refractivity contribution is 5.73. The molecule has 0 atom stereocenters. The van der Waals surface area contributed by atoms with Crippen molar-refractivity contribution >= 4 is 5.91 Å². The molecule has 0 bridgehead atoms. The van der Waals surface area contributed by atoms with E-state index in [9.17, 15) is 4.79 Å². The number of carbonyl (C=O) groups is 1. The van der Waals surface area contributed by atoms with E-state index in [1.807, 2.05) is 17.0 Å². The Hall–Kier alpha value is -1.29. The van der Waals surface area contributed by atoms with Crippen molar-refractivity contribution in [1.82, 2.24) is 9.88 Å². The van der Waals surface area contributed by atoms with Gasteiger partial charge in [-0.05, 0) is 32.4 Å². The first kappa shape index (κ1) is 12.8. The minimum absolute atomic E-state index is 0.120. The van der Waals surface area contributed by atoms with Crippen LogP contribution < -0.4 is 11.1 Å². The Morgan fingerprint density at radius 2 is 2.19 bits per heavy atom. The van der Waals surface area contributed by atoms with Crippen LogP contribution >= 0.6 is 0 Å². The number of nitrogens with zero attached hydrogens (tertiary/aromatic N) is 1. The number of carbonyl (C=O) groups excluding carboxylic acids is 1. The quantitative estimate of drug-likeness (QED) is 0.789. The van der Waals surface area contributed by atoms with E-state index in [2.05, 4.69) is 32.2 Å². The number of hydrogen-bond acceptors (Lipinski definition) is 2. The Morgan fingerprint density at radius 3 is 2.75 bits per heavy atom. The number of primary amides is 1. The van der Waals surface area contributed by atoms with Gasteiger partial charge < -0.3 is 15.6 Å². The summed E-state index contributed by atoms with van der Waals surface area (Å²) in [7, 11) is 0. The third-order valence-electron chi connectivity index (χ3n) is 2.25. The molecule has 0 saturated carbocycles. The van der Waals surface area contributed by atoms with Gasteiger partial charge in [-0.3, -0.25) is 4.79 Å². The molecule has 1 rings (SSSR count). The van der Waals surface area contributed by atoms with E-state index in [-0.39, 0.29) is 11.4 Å². The van der Waals surface area contributed by atoms with Gasteiger partial charge in [0.25, 0.3) is 0 Å². The summed E-state index contributed by atoms with van der Waals surface area (Å²) in [5.74, 6) is -0.261. The van der Waals surface area contributed by atoms with Gasteiger partial charge in [0.1, 0.15) is 0 Å². The number of aromatic nitrogens is 1. The summed E-state index contributed by atoms with van der Waals surface area (Å²) < 4.78 is 1.99. The van der Waals surface area contributed by atoms with E-state index < -0.39 is 0 Å². The van der Waals surface area contributed by atoms with Gasteiger partial charge in [-0.2, -0.15) is 0 Å². The lowest BCUT2D eigenvalue weighted by Crippen LogP contribution is -2.34. The van der Waals surface area contributed by atoms with E-state index in [0.717, 1.165) is 6.54 Å². The predicted molar refractivity (Wildman–Crippen MR) is 64.8 cm³/mol. The summed E-state index contributed by atoms with van der Waals surface area (Å²) in [6, 6.07) is 2.06. The van der Waals surface area contributed by atoms with Crippen LogP contribution in [0.25, 0.3) is 0 Å². The maximum Gasteiger partial charge on any atom is 0.219 e. The van der Waals surface area contributed by atoms with E-state index >= 15 is 0 Å². The van der Waals surface area contributed by atoms with Crippen LogP contribution in [0.15, 0.2) is 18.5 Å². The molecule has 0 spiro atoms. The summed E-state index contributed by atoms with van der Waals surface area (Å²) in [5.41, 5.74) is 6.44. The van der Waals surface area contributed by atoms with Crippen molar-refractivity contribution in [3.8, 4) is 0 Å². The lowest BCUT2D eigenvalue weighted by atomic mass is 10.1. The van der Waals surface area contributed by atoms with Crippen LogP contribution in [-0.4, -0.2) is 16.0 Å². The first-order chi connectivity index (χ1) is 7.37. The number of rotatable bonds is 5. The molecule has 0 unspecified atom stereocenters. The van der Waals surface area contributed by atoms with E-state index in [1.165, 1.54) is 5.56 Å². The predicted octanol–water partition coefficient (Wildman–Crippen LogP) is 1.25. The maximum absolute atomic E-state index is 10.6. The van der Waals surface area contributed by atoms with Gasteiger partial charge >= 0.3 is 0 Å². The second kappa shape index (κ2) is 5.16. The highest BCUT2D eigenvalue weighted by atomic mass is 16.1. The topological polar surface area (TPSA) is 60.1 Å². The standard InChI is InChI=1S/C12H21N3O/c1-12(2,3)14-8-10-4-6-15(9-10)7-5-11(13)16/h4,6,9,14H,5,7-8H2,1-3H3,(H2,13,16). The summed E-state index contributed by atoms with van der Waals surface area (Å²) in [6.45, 7) is 7.91. The zero-order valence-corrected chi connectivity index (χ0v) is 10.3. The summed E-state index contributed by atoms with van der Waals surface area (Å²) in [5, 5.41) is 3.41. The second-order valence-electron chi connectivity index (χ2n) is 5.08. The number of nitrogens with two attached hydrogens (primary N) is 1. The molecule has 0 saturated heterocycles. The fraction of sp³-hybridized carbons (Fsp3) is 0.583. The molecule has 0 aromatic carbocycles. The number of aryl methyl sites for hydroxylation is 1. The SMILES string of the molecule is CC(C)(C)NCc1ccn(CCC(N)=O)c1. The van der Waals surface area contributed by atoms with Gasteiger partial charge in [-0.15, -0.1) is 0 Å². The zero-order valence-electron chi connectivity index (χ0n) is 10.3. The molecule has 1 aromatic rings. The van der Waals surface area contributed by atoms with Crippen molar-refractivity contribution in [1.29, 1.82) is 0 Å². The first-order valence-corrected chi connectivity index (χ1v) is 5.55. The fourth-order valence-electron chi connectivity index (χ4n) is 1.34. The molecule has 1 heterocycles. The van der Waals surface area contributed by atoms with Crippen LogP contribution in [0.1, 0.15) is 32.8 Å². The van der Waals surface area contributed by atoms with Gasteiger partial charge in [-0.25, -0.2) is 0 Å². The van der Waals surface area contributed by atoms with Crippen molar-refractivity contribution in [2.24, 2.45) is 5.73 Å². The Kier molecular flexibility index (Phi) is 4.12. The van der Waals surface area contributed by atoms with Crippen molar-refractivity contribution in [2.75, 3.05) is 0 Å². The molecule has 4 heteroatoms. The Morgan fingerprint density at radius 1 is 1.50 bits per heavy atom. The minimum Gasteiger partial charge on any atom is -0.370 e. The van der Waals surface area contributed by atoms with Crippen LogP contribution in [0.2, 0.25) is 0 Å². The van der Waals surface area contributed by atoms with Crippen molar-refractivity contribution in [2.45, 2.75) is 45.8 Å². The van der Waals surface area contributed by atoms with Gasteiger partial charge in [0, 0.05) is 37.4 Å². The summed E-state index contributed by atoms with van der Waals surface area (Å²) in [6.07, 6.45) is 4.41. The van der Waals surface area contributed by atoms with E-state index in [1.54, 1.807) is 0 Å². The number of nitrogens with one attached hydrogen (secondary N) is 1. The molecule has 4 nitrogen and oxygen atoms in total. The zero-order chi connectivity index (χ0) is 12.2. The number of hydrogen-bond donors (Lipinski definition) is 2. The lowest BCUT2D eigenvalue weighted by Gasteiger charge is -2.19. The van der Waals surface area contributed by atoms with Crippen LogP contribution in [0, 0.1) is 0 Å². The molecule has 0 aliphatic carbocycles. The maximum atomic E-state index is 10.6. The molecule has 1 aromatic heterocycles. The van der Waals surface area contributed by atoms with Gasteiger partial charge in [0.05, 0.1) is 0 Å². The molecular formula is C12H21N3O. The third kappa shape index (κ3) is 4.98. The molecule has 1 amide bonds. The fourth-order valence-corrected chi connectivity index (χ4v) is 1.34. The van der Waals surface area contributed by atoms with Gasteiger partial charge in [-0.1, -0.05) is 0 Å². The van der Waals surface area contributed by atoms with Gasteiger partial charge in [0.15, 0.2) is 0 Å². The Labute approximate surface area is 96.8 Å². The van der Waals surface area contributed by atoms with E-state index in [0.29, 0.717) is 13.0 Å². The highest BCUT2D eigenvalue weighted by Gasteiger charge is 2.08. The average Bonchev–Trinajstić information content (AvgIpc) is 2.58. The average molecular weight is 223 g/mol. The van der Waals surface area contributed by atoms with Crippen LogP contribution in [0.4, 0.5) is 0 Å². The van der Waals surface area contributed by atoms with Crippen LogP contribution in [0.3, 0.4) is 0 Å². The lowest BCUT2D eigenvalue weighted by molar-refractivity contribution is -0.118. The van der Waals surface area contributed by atoms with E-state index in [4.69, 9.17) is 5.73 Å². The molecule has 0 radical (unpaired) electrons. The molecule has 0 aliphatic rings. The highest BCUT2D eigenvalue weighted by Crippen LogP contribution is 2.05. The smallest absolute Gasteiger partial charge is 0.219 e. The van der Waals surface area contributed by atoms with Crippen molar-refractivity contribution in [3.05, 3.63) is 24.0 Å². The normalized spacial score (nSPS) is 11.7. The molecule has 3 N–H and O–H groups in total. The molecule has 90 valence electrons. The van der Waals surface area contributed by atoms with Crippen LogP contribution in [-0.2, 0) is 17.9 Å². The van der Waals surface area contributed by atoms with Crippen molar-refractivity contribution in [3.63, 3.8) is 0 Å². The van der Waals surface area contributed by atoms with Gasteiger partial charge in [0.2, 0.25) is 5.91 Å². The Balaban J connectivity index is 2.42. The molecular weight excluding hydrogens is 202 g/mol. The minimum atomic E-state index is -0.261.